The van der Waals surface area contributed by atoms with Crippen molar-refractivity contribution in [2.24, 2.45) is 0 Å². The zero-order chi connectivity index (χ0) is 15.1. The average molecular weight is 324 g/mol. The van der Waals surface area contributed by atoms with Gasteiger partial charge < -0.3 is 18.4 Å². The third-order valence-corrected chi connectivity index (χ3v) is 10.9. The van der Waals surface area contributed by atoms with Gasteiger partial charge in [-0.3, -0.25) is 0 Å². The number of rotatable bonds is 10. The monoisotopic (exact) mass is 323 g/mol. The van der Waals surface area contributed by atoms with Crippen molar-refractivity contribution in [2.45, 2.75) is 64.3 Å². The molecule has 0 heterocycles. The second-order valence-corrected chi connectivity index (χ2v) is 18.6. The van der Waals surface area contributed by atoms with Crippen LogP contribution in [-0.2, 0) is 8.23 Å². The number of aliphatic hydroxyl groups excluding tert-OH is 2. The molecule has 0 saturated heterocycles. The largest absolute Gasteiger partial charge is 0.439 e. The first-order valence-electron chi connectivity index (χ1n) is 7.01. The Morgan fingerprint density at radius 3 is 1.89 bits per heavy atom. The van der Waals surface area contributed by atoms with Crippen molar-refractivity contribution in [3.63, 3.8) is 0 Å². The molecule has 0 spiro atoms. The Hall–Kier alpha value is 0.491. The van der Waals surface area contributed by atoms with Gasteiger partial charge in [-0.15, -0.1) is 0 Å². The van der Waals surface area contributed by atoms with Gasteiger partial charge >= 0.3 is 9.28 Å². The number of hydrogen-bond acceptors (Lipinski definition) is 4. The van der Waals surface area contributed by atoms with Crippen molar-refractivity contribution >= 4 is 25.9 Å². The van der Waals surface area contributed by atoms with Crippen LogP contribution in [0.1, 0.15) is 12.8 Å². The summed E-state index contributed by atoms with van der Waals surface area (Å²) < 4.78 is 12.4. The molecular formula is C12H31O4Si3. The van der Waals surface area contributed by atoms with E-state index in [-0.39, 0.29) is 6.61 Å². The summed E-state index contributed by atoms with van der Waals surface area (Å²) in [6.07, 6.45) is 2.82. The lowest BCUT2D eigenvalue weighted by Gasteiger charge is -2.30. The van der Waals surface area contributed by atoms with E-state index < -0.39 is 32.0 Å². The predicted molar refractivity (Wildman–Crippen MR) is 87.4 cm³/mol. The predicted octanol–water partition coefficient (Wildman–Crippen LogP) is 2.25. The Labute approximate surface area is 122 Å². The van der Waals surface area contributed by atoms with Crippen LogP contribution >= 0.6 is 0 Å². The van der Waals surface area contributed by atoms with E-state index in [0.717, 1.165) is 18.9 Å². The zero-order valence-corrected chi connectivity index (χ0v) is 16.4. The lowest BCUT2D eigenvalue weighted by atomic mass is 10.2. The molecule has 19 heavy (non-hydrogen) atoms. The fraction of sp³-hybridized carbons (Fsp3) is 0.917. The summed E-state index contributed by atoms with van der Waals surface area (Å²) in [6.45, 7) is 13.0. The summed E-state index contributed by atoms with van der Waals surface area (Å²) >= 11 is 0. The highest BCUT2D eigenvalue weighted by Gasteiger charge is 2.28. The normalized spacial score (nSPS) is 15.0. The van der Waals surface area contributed by atoms with Crippen LogP contribution < -0.4 is 0 Å². The van der Waals surface area contributed by atoms with E-state index in [1.54, 1.807) is 6.42 Å². The maximum Gasteiger partial charge on any atom is 0.300 e. The standard InChI is InChI=1S/C12H31O4Si3/c1-18(2,3)15-17(16-19(4,5)6)10-8-7-9-12(14)11-13/h9,12-14,17H,7-8,10-11H2,1-6H3. The highest BCUT2D eigenvalue weighted by atomic mass is 28.4. The Morgan fingerprint density at radius 1 is 1.05 bits per heavy atom. The molecule has 0 aliphatic rings. The molecule has 0 saturated carbocycles. The van der Waals surface area contributed by atoms with E-state index in [1.807, 2.05) is 0 Å². The fourth-order valence-corrected chi connectivity index (χ4v) is 10.0. The summed E-state index contributed by atoms with van der Waals surface area (Å²) in [5.74, 6) is 0. The summed E-state index contributed by atoms with van der Waals surface area (Å²) in [5, 5.41) is 18.0. The summed E-state index contributed by atoms with van der Waals surface area (Å²) in [5.41, 5.74) is 0. The van der Waals surface area contributed by atoms with Gasteiger partial charge in [0.1, 0.15) is 0 Å². The Kier molecular flexibility index (Phi) is 8.93. The first-order valence-corrected chi connectivity index (χ1v) is 15.6. The number of hydrogen-bond donors (Lipinski definition) is 2. The molecule has 0 rings (SSSR count). The van der Waals surface area contributed by atoms with Gasteiger partial charge in [0.05, 0.1) is 12.7 Å². The van der Waals surface area contributed by atoms with Crippen LogP contribution in [0.3, 0.4) is 0 Å². The molecule has 0 aromatic carbocycles. The SMILES string of the molecule is C[Si](C)(C)O[SiH](CCC[CH]C(O)CO)O[Si](C)(C)C. The molecule has 0 aromatic heterocycles. The number of unbranched alkanes of at least 4 members (excludes halogenated alkanes) is 1. The Bertz CT molecular complexity index is 222. The van der Waals surface area contributed by atoms with E-state index in [1.165, 1.54) is 0 Å². The molecule has 0 bridgehead atoms. The molecule has 1 unspecified atom stereocenters. The van der Waals surface area contributed by atoms with Crippen molar-refractivity contribution in [1.82, 2.24) is 0 Å². The average Bonchev–Trinajstić information content (AvgIpc) is 2.19. The van der Waals surface area contributed by atoms with Gasteiger partial charge in [-0.25, -0.2) is 0 Å². The molecule has 0 aromatic rings. The van der Waals surface area contributed by atoms with Crippen molar-refractivity contribution in [3.8, 4) is 0 Å². The van der Waals surface area contributed by atoms with Gasteiger partial charge in [-0.1, -0.05) is 6.42 Å². The molecule has 0 amide bonds. The highest BCUT2D eigenvalue weighted by molar-refractivity contribution is 6.81. The second kappa shape index (κ2) is 8.71. The Morgan fingerprint density at radius 2 is 1.53 bits per heavy atom. The minimum absolute atomic E-state index is 0.197. The van der Waals surface area contributed by atoms with Crippen molar-refractivity contribution in [3.05, 3.63) is 6.42 Å². The minimum Gasteiger partial charge on any atom is -0.439 e. The lowest BCUT2D eigenvalue weighted by molar-refractivity contribution is 0.116. The summed E-state index contributed by atoms with van der Waals surface area (Å²) in [4.78, 5) is 0. The third kappa shape index (κ3) is 13.2. The van der Waals surface area contributed by atoms with Gasteiger partial charge in [0, 0.05) is 0 Å². The zero-order valence-electron chi connectivity index (χ0n) is 13.3. The van der Waals surface area contributed by atoms with Crippen LogP contribution in [0.25, 0.3) is 0 Å². The molecule has 1 atom stereocenters. The molecule has 2 N–H and O–H groups in total. The van der Waals surface area contributed by atoms with E-state index in [2.05, 4.69) is 39.3 Å². The maximum atomic E-state index is 9.25. The van der Waals surface area contributed by atoms with Crippen LogP contribution in [0.4, 0.5) is 0 Å². The molecule has 0 aliphatic carbocycles. The smallest absolute Gasteiger partial charge is 0.300 e. The van der Waals surface area contributed by atoms with E-state index in [9.17, 15) is 5.11 Å². The molecule has 0 fully saturated rings. The van der Waals surface area contributed by atoms with Crippen LogP contribution in [0.5, 0.6) is 0 Å². The van der Waals surface area contributed by atoms with Crippen molar-refractivity contribution < 1.29 is 18.4 Å². The summed E-state index contributed by atoms with van der Waals surface area (Å²) in [7, 11) is -4.70. The fourth-order valence-electron chi connectivity index (χ4n) is 1.60. The van der Waals surface area contributed by atoms with E-state index in [0.29, 0.717) is 0 Å². The van der Waals surface area contributed by atoms with E-state index in [4.69, 9.17) is 13.3 Å². The number of aliphatic hydroxyl groups is 2. The summed E-state index contributed by atoms with van der Waals surface area (Å²) in [6, 6.07) is 0.975. The van der Waals surface area contributed by atoms with Gasteiger partial charge in [-0.05, 0) is 58.2 Å². The Balaban J connectivity index is 4.13. The van der Waals surface area contributed by atoms with Gasteiger partial charge in [0.15, 0.2) is 16.6 Å². The highest BCUT2D eigenvalue weighted by Crippen LogP contribution is 2.17. The lowest BCUT2D eigenvalue weighted by Crippen LogP contribution is -2.43. The van der Waals surface area contributed by atoms with Crippen molar-refractivity contribution in [1.29, 1.82) is 0 Å². The third-order valence-electron chi connectivity index (χ3n) is 2.24. The van der Waals surface area contributed by atoms with Gasteiger partial charge in [0.25, 0.3) is 0 Å². The first-order chi connectivity index (χ1) is 8.53. The van der Waals surface area contributed by atoms with Crippen LogP contribution in [0, 0.1) is 6.42 Å². The molecular weight excluding hydrogens is 292 g/mol. The van der Waals surface area contributed by atoms with Crippen molar-refractivity contribution in [2.75, 3.05) is 6.61 Å². The topological polar surface area (TPSA) is 58.9 Å². The van der Waals surface area contributed by atoms with E-state index >= 15 is 0 Å². The molecule has 1 radical (unpaired) electrons. The molecule has 4 nitrogen and oxygen atoms in total. The first kappa shape index (κ1) is 19.5. The quantitative estimate of drug-likeness (QED) is 0.478. The molecule has 7 heteroatoms. The van der Waals surface area contributed by atoms with Crippen LogP contribution in [0.2, 0.25) is 45.3 Å². The van der Waals surface area contributed by atoms with Gasteiger partial charge in [-0.2, -0.15) is 0 Å². The second-order valence-electron chi connectivity index (χ2n) is 6.81. The minimum atomic E-state index is -1.60. The van der Waals surface area contributed by atoms with Crippen LogP contribution in [-0.4, -0.2) is 48.8 Å². The molecule has 115 valence electrons. The van der Waals surface area contributed by atoms with Gasteiger partial charge in [0.2, 0.25) is 0 Å². The maximum absolute atomic E-state index is 9.25. The van der Waals surface area contributed by atoms with Crippen LogP contribution in [0.15, 0.2) is 0 Å². The molecule has 0 aliphatic heterocycles.